The highest BCUT2D eigenvalue weighted by Gasteiger charge is 2.46. The number of amides is 1. The van der Waals surface area contributed by atoms with Gasteiger partial charge in [0.2, 0.25) is 0 Å². The molecule has 0 unspecified atom stereocenters. The molecule has 0 bridgehead atoms. The van der Waals surface area contributed by atoms with Crippen molar-refractivity contribution in [3.05, 3.63) is 69.1 Å². The van der Waals surface area contributed by atoms with Gasteiger partial charge in [-0.15, -0.1) is 11.3 Å². The molecule has 1 aromatic heterocycles. The first kappa shape index (κ1) is 14.4. The minimum Gasteiger partial charge on any atom is -0.310 e. The first-order chi connectivity index (χ1) is 11.0. The lowest BCUT2D eigenvalue weighted by molar-refractivity contribution is 0.0826. The highest BCUT2D eigenvalue weighted by Crippen LogP contribution is 2.47. The van der Waals surface area contributed by atoms with Gasteiger partial charge >= 0.3 is 0 Å². The zero-order valence-corrected chi connectivity index (χ0v) is 13.9. The average molecular weight is 323 g/mol. The molecule has 4 heteroatoms. The van der Waals surface area contributed by atoms with Gasteiger partial charge in [-0.3, -0.25) is 9.59 Å². The summed E-state index contributed by atoms with van der Waals surface area (Å²) in [5.74, 6) is 0.000362. The summed E-state index contributed by atoms with van der Waals surface area (Å²) in [5.41, 5.74) is 2.39. The zero-order valence-electron chi connectivity index (χ0n) is 13.1. The molecule has 3 nitrogen and oxygen atoms in total. The maximum Gasteiger partial charge on any atom is 0.268 e. The number of carbonyl (C=O) groups is 2. The van der Waals surface area contributed by atoms with Crippen LogP contribution in [0.15, 0.2) is 48.2 Å². The van der Waals surface area contributed by atoms with Crippen molar-refractivity contribution in [1.82, 2.24) is 4.90 Å². The van der Waals surface area contributed by atoms with E-state index in [2.05, 4.69) is 6.92 Å². The van der Waals surface area contributed by atoms with Crippen LogP contribution in [0.25, 0.3) is 0 Å². The third-order valence-corrected chi connectivity index (χ3v) is 5.93. The van der Waals surface area contributed by atoms with Crippen LogP contribution in [-0.4, -0.2) is 23.1 Å². The molecule has 1 saturated heterocycles. The lowest BCUT2D eigenvalue weighted by Gasteiger charge is -2.33. The van der Waals surface area contributed by atoms with E-state index in [4.69, 9.17) is 0 Å². The van der Waals surface area contributed by atoms with Crippen molar-refractivity contribution in [2.45, 2.75) is 25.7 Å². The predicted octanol–water partition coefficient (Wildman–Crippen LogP) is 3.94. The lowest BCUT2D eigenvalue weighted by Crippen LogP contribution is -2.34. The number of allylic oxidation sites excluding steroid dienone is 2. The van der Waals surface area contributed by atoms with Crippen LogP contribution < -0.4 is 0 Å². The minimum absolute atomic E-state index is 0.00450. The van der Waals surface area contributed by atoms with E-state index in [9.17, 15) is 9.59 Å². The van der Waals surface area contributed by atoms with Crippen molar-refractivity contribution in [3.8, 4) is 0 Å². The zero-order chi connectivity index (χ0) is 16.2. The quantitative estimate of drug-likeness (QED) is 0.797. The van der Waals surface area contributed by atoms with Crippen molar-refractivity contribution in [2.75, 3.05) is 6.54 Å². The van der Waals surface area contributed by atoms with Gasteiger partial charge in [0.05, 0.1) is 4.88 Å². The van der Waals surface area contributed by atoms with Gasteiger partial charge in [0, 0.05) is 34.2 Å². The summed E-state index contributed by atoms with van der Waals surface area (Å²) in [6, 6.07) is 11.6. The van der Waals surface area contributed by atoms with Gasteiger partial charge < -0.3 is 4.90 Å². The predicted molar refractivity (Wildman–Crippen MR) is 90.9 cm³/mol. The molecule has 116 valence electrons. The van der Waals surface area contributed by atoms with Crippen LogP contribution in [0.2, 0.25) is 0 Å². The largest absolute Gasteiger partial charge is 0.310 e. The standard InChI is InChI=1S/C19H17NO2S/c1-12-7-8-16(23-12)18(22)20-10-9-19(2)14-6-4-3-5-13(14)15(21)11-17(19)20/h3-8,11H,9-10H2,1-2H3/t19-/m1/s1. The van der Waals surface area contributed by atoms with Crippen LogP contribution in [-0.2, 0) is 5.41 Å². The second-order valence-electron chi connectivity index (χ2n) is 6.39. The number of hydrogen-bond donors (Lipinski definition) is 0. The van der Waals surface area contributed by atoms with Gasteiger partial charge in [-0.25, -0.2) is 0 Å². The van der Waals surface area contributed by atoms with E-state index in [0.717, 1.165) is 33.0 Å². The van der Waals surface area contributed by atoms with Crippen molar-refractivity contribution in [3.63, 3.8) is 0 Å². The molecule has 4 rings (SSSR count). The molecule has 1 amide bonds. The normalized spacial score (nSPS) is 22.6. The number of carbonyl (C=O) groups excluding carboxylic acids is 2. The molecule has 2 heterocycles. The van der Waals surface area contributed by atoms with Crippen molar-refractivity contribution >= 4 is 23.0 Å². The topological polar surface area (TPSA) is 37.4 Å². The smallest absolute Gasteiger partial charge is 0.268 e. The molecule has 23 heavy (non-hydrogen) atoms. The first-order valence-corrected chi connectivity index (χ1v) is 8.57. The van der Waals surface area contributed by atoms with E-state index < -0.39 is 0 Å². The first-order valence-electron chi connectivity index (χ1n) is 7.75. The number of benzene rings is 1. The van der Waals surface area contributed by atoms with Gasteiger partial charge in [0.15, 0.2) is 5.78 Å². The van der Waals surface area contributed by atoms with E-state index >= 15 is 0 Å². The van der Waals surface area contributed by atoms with Gasteiger partial charge in [0.25, 0.3) is 5.91 Å². The Morgan fingerprint density at radius 3 is 2.74 bits per heavy atom. The van der Waals surface area contributed by atoms with Crippen molar-refractivity contribution in [1.29, 1.82) is 0 Å². The van der Waals surface area contributed by atoms with Gasteiger partial charge in [-0.1, -0.05) is 24.3 Å². The summed E-state index contributed by atoms with van der Waals surface area (Å²) < 4.78 is 0. The summed E-state index contributed by atoms with van der Waals surface area (Å²) >= 11 is 1.50. The summed E-state index contributed by atoms with van der Waals surface area (Å²) in [4.78, 5) is 29.0. The van der Waals surface area contributed by atoms with Crippen LogP contribution in [0.5, 0.6) is 0 Å². The van der Waals surface area contributed by atoms with E-state index in [1.807, 2.05) is 43.3 Å². The minimum atomic E-state index is -0.257. The van der Waals surface area contributed by atoms with Gasteiger partial charge in [-0.05, 0) is 38.0 Å². The lowest BCUT2D eigenvalue weighted by atomic mass is 9.72. The molecule has 1 fully saturated rings. The fraction of sp³-hybridized carbons (Fsp3) is 0.263. The highest BCUT2D eigenvalue weighted by atomic mass is 32.1. The Bertz CT molecular complexity index is 864. The molecular weight excluding hydrogens is 306 g/mol. The summed E-state index contributed by atoms with van der Waals surface area (Å²) in [6.45, 7) is 4.78. The fourth-order valence-corrected chi connectivity index (χ4v) is 4.48. The molecule has 1 aliphatic carbocycles. The molecule has 2 aromatic rings. The van der Waals surface area contributed by atoms with E-state index in [0.29, 0.717) is 6.54 Å². The highest BCUT2D eigenvalue weighted by molar-refractivity contribution is 7.13. The van der Waals surface area contributed by atoms with E-state index in [1.165, 1.54) is 11.3 Å². The van der Waals surface area contributed by atoms with E-state index in [-0.39, 0.29) is 17.1 Å². The number of fused-ring (bicyclic) bond motifs is 3. The summed E-state index contributed by atoms with van der Waals surface area (Å²) in [7, 11) is 0. The second-order valence-corrected chi connectivity index (χ2v) is 7.68. The van der Waals surface area contributed by atoms with Crippen LogP contribution >= 0.6 is 11.3 Å². The van der Waals surface area contributed by atoms with Gasteiger partial charge in [-0.2, -0.15) is 0 Å². The number of aryl methyl sites for hydroxylation is 1. The van der Waals surface area contributed by atoms with Crippen LogP contribution in [0, 0.1) is 6.92 Å². The molecule has 0 radical (unpaired) electrons. The Hall–Kier alpha value is -2.20. The fourth-order valence-electron chi connectivity index (χ4n) is 3.67. The molecule has 0 spiro atoms. The van der Waals surface area contributed by atoms with Crippen molar-refractivity contribution in [2.24, 2.45) is 0 Å². The Morgan fingerprint density at radius 1 is 1.22 bits per heavy atom. The maximum absolute atomic E-state index is 12.9. The second kappa shape index (κ2) is 4.90. The Morgan fingerprint density at radius 2 is 2.00 bits per heavy atom. The number of nitrogens with zero attached hydrogens (tertiary/aromatic N) is 1. The summed E-state index contributed by atoms with van der Waals surface area (Å²) in [6.07, 6.45) is 2.51. The molecule has 1 aromatic carbocycles. The molecule has 1 atom stereocenters. The third-order valence-electron chi connectivity index (χ3n) is 4.94. The number of thiophene rings is 1. The number of rotatable bonds is 1. The molecule has 1 aliphatic heterocycles. The van der Waals surface area contributed by atoms with Crippen LogP contribution in [0.4, 0.5) is 0 Å². The van der Waals surface area contributed by atoms with Crippen molar-refractivity contribution < 1.29 is 9.59 Å². The maximum atomic E-state index is 12.9. The number of ketones is 1. The molecule has 0 saturated carbocycles. The average Bonchev–Trinajstić information content (AvgIpc) is 3.12. The summed E-state index contributed by atoms with van der Waals surface area (Å²) in [5, 5.41) is 0. The molecule has 2 aliphatic rings. The van der Waals surface area contributed by atoms with E-state index in [1.54, 1.807) is 11.0 Å². The molecule has 0 N–H and O–H groups in total. The van der Waals surface area contributed by atoms with Crippen LogP contribution in [0.3, 0.4) is 0 Å². The SMILES string of the molecule is Cc1ccc(C(=O)N2CC[C@@]3(C)C2=CC(=O)c2ccccc23)s1. The monoisotopic (exact) mass is 323 g/mol. The Kier molecular flexibility index (Phi) is 3.07. The Balaban J connectivity index is 1.78. The Labute approximate surface area is 139 Å². The van der Waals surface area contributed by atoms with Crippen LogP contribution in [0.1, 0.15) is 43.8 Å². The number of likely N-dealkylation sites (tertiary alicyclic amines) is 1. The third kappa shape index (κ3) is 2.01. The molecular formula is C19H17NO2S. The van der Waals surface area contributed by atoms with Gasteiger partial charge in [0.1, 0.15) is 0 Å². The number of hydrogen-bond acceptors (Lipinski definition) is 3.